The Morgan fingerprint density at radius 1 is 1.67 bits per heavy atom. The summed E-state index contributed by atoms with van der Waals surface area (Å²) in [5.74, 6) is -0.0982. The van der Waals surface area contributed by atoms with Crippen LogP contribution in [0.3, 0.4) is 0 Å². The molecule has 1 amide bonds. The number of aromatic nitrogens is 3. The average molecular weight is 274 g/mol. The molecule has 8 heteroatoms. The minimum atomic E-state index is -0.300. The molecule has 7 nitrogen and oxygen atoms in total. The highest BCUT2D eigenvalue weighted by Gasteiger charge is 2.17. The maximum atomic E-state index is 11.5. The fraction of sp³-hybridized carbons (Fsp3) is 0.700. The lowest BCUT2D eigenvalue weighted by Crippen LogP contribution is -2.28. The minimum Gasteiger partial charge on any atom is -0.385 e. The molecule has 0 spiro atoms. The molecule has 0 aromatic carbocycles. The Bertz CT molecular complexity index is 443. The van der Waals surface area contributed by atoms with Crippen molar-refractivity contribution in [3.63, 3.8) is 0 Å². The van der Waals surface area contributed by atoms with Crippen LogP contribution < -0.4 is 11.0 Å². The van der Waals surface area contributed by atoms with Crippen LogP contribution in [0.15, 0.2) is 9.95 Å². The van der Waals surface area contributed by atoms with Crippen molar-refractivity contribution in [2.75, 3.05) is 20.8 Å². The molecule has 0 unspecified atom stereocenters. The minimum absolute atomic E-state index is 0.0982. The van der Waals surface area contributed by atoms with Gasteiger partial charge in [-0.2, -0.15) is 0 Å². The molecule has 1 rings (SSSR count). The number of rotatable bonds is 7. The first-order valence-electron chi connectivity index (χ1n) is 5.62. The molecule has 0 bridgehead atoms. The molecule has 2 N–H and O–H groups in total. The lowest BCUT2D eigenvalue weighted by molar-refractivity contribution is -0.119. The van der Waals surface area contributed by atoms with Gasteiger partial charge in [-0.05, 0) is 13.3 Å². The lowest BCUT2D eigenvalue weighted by Gasteiger charge is -2.09. The van der Waals surface area contributed by atoms with Crippen LogP contribution in [-0.2, 0) is 16.1 Å². The summed E-state index contributed by atoms with van der Waals surface area (Å²) >= 11 is 1.25. The molecule has 0 aliphatic rings. The summed E-state index contributed by atoms with van der Waals surface area (Å²) in [5, 5.41) is 9.09. The van der Waals surface area contributed by atoms with Crippen molar-refractivity contribution in [1.82, 2.24) is 20.1 Å². The van der Waals surface area contributed by atoms with Crippen molar-refractivity contribution in [3.8, 4) is 0 Å². The molecule has 0 aliphatic carbocycles. The summed E-state index contributed by atoms with van der Waals surface area (Å²) in [5.41, 5.74) is -0.266. The van der Waals surface area contributed by atoms with E-state index in [1.165, 1.54) is 16.3 Å². The van der Waals surface area contributed by atoms with Crippen molar-refractivity contribution in [1.29, 1.82) is 0 Å². The third-order valence-corrected chi connectivity index (χ3v) is 3.44. The molecule has 1 heterocycles. The summed E-state index contributed by atoms with van der Waals surface area (Å²) in [4.78, 5) is 23.0. The summed E-state index contributed by atoms with van der Waals surface area (Å²) < 4.78 is 6.46. The van der Waals surface area contributed by atoms with Gasteiger partial charge in [0.15, 0.2) is 5.16 Å². The van der Waals surface area contributed by atoms with Gasteiger partial charge in [0.05, 0.1) is 5.25 Å². The van der Waals surface area contributed by atoms with Gasteiger partial charge in [0.1, 0.15) is 0 Å². The Balaban J connectivity index is 2.71. The molecule has 0 fully saturated rings. The zero-order chi connectivity index (χ0) is 13.5. The molecule has 1 aromatic heterocycles. The van der Waals surface area contributed by atoms with Crippen molar-refractivity contribution >= 4 is 17.7 Å². The summed E-state index contributed by atoms with van der Waals surface area (Å²) in [6.07, 6.45) is 0.720. The lowest BCUT2D eigenvalue weighted by atomic mass is 10.4. The molecule has 1 aromatic rings. The van der Waals surface area contributed by atoms with Gasteiger partial charge in [-0.3, -0.25) is 9.36 Å². The molecule has 0 aliphatic heterocycles. The second-order valence-electron chi connectivity index (χ2n) is 3.68. The quantitative estimate of drug-likeness (QED) is 0.532. The van der Waals surface area contributed by atoms with E-state index in [-0.39, 0.29) is 16.8 Å². The summed E-state index contributed by atoms with van der Waals surface area (Å²) in [6.45, 7) is 2.86. The van der Waals surface area contributed by atoms with Crippen LogP contribution in [0.25, 0.3) is 0 Å². The van der Waals surface area contributed by atoms with Crippen molar-refractivity contribution in [2.45, 2.75) is 30.3 Å². The number of methoxy groups -OCH3 is 1. The van der Waals surface area contributed by atoms with Crippen LogP contribution in [0.4, 0.5) is 0 Å². The number of H-pyrrole nitrogens is 1. The van der Waals surface area contributed by atoms with Gasteiger partial charge >= 0.3 is 5.69 Å². The Labute approximate surface area is 109 Å². The maximum absolute atomic E-state index is 11.5. The van der Waals surface area contributed by atoms with Gasteiger partial charge in [-0.15, -0.1) is 5.10 Å². The monoisotopic (exact) mass is 274 g/mol. The van der Waals surface area contributed by atoms with E-state index in [1.807, 2.05) is 0 Å². The second kappa shape index (κ2) is 7.22. The number of nitrogens with one attached hydrogen (secondary N) is 2. The van der Waals surface area contributed by atoms with E-state index in [9.17, 15) is 9.59 Å². The van der Waals surface area contributed by atoms with Crippen LogP contribution in [0.2, 0.25) is 0 Å². The first-order valence-corrected chi connectivity index (χ1v) is 6.50. The van der Waals surface area contributed by atoms with Crippen LogP contribution in [-0.4, -0.2) is 46.7 Å². The van der Waals surface area contributed by atoms with Gasteiger partial charge in [-0.25, -0.2) is 9.89 Å². The zero-order valence-corrected chi connectivity index (χ0v) is 11.5. The first kappa shape index (κ1) is 14.8. The number of aromatic amines is 1. The Kier molecular flexibility index (Phi) is 5.93. The Hall–Kier alpha value is -1.28. The molecular formula is C10H18N4O3S. The van der Waals surface area contributed by atoms with Gasteiger partial charge in [0.2, 0.25) is 5.91 Å². The zero-order valence-electron chi connectivity index (χ0n) is 10.7. The predicted molar refractivity (Wildman–Crippen MR) is 68.7 cm³/mol. The third-order valence-electron chi connectivity index (χ3n) is 2.35. The highest BCUT2D eigenvalue weighted by molar-refractivity contribution is 8.00. The van der Waals surface area contributed by atoms with E-state index in [2.05, 4.69) is 15.5 Å². The summed E-state index contributed by atoms with van der Waals surface area (Å²) in [6, 6.07) is 0. The highest BCUT2D eigenvalue weighted by Crippen LogP contribution is 2.19. The van der Waals surface area contributed by atoms with Crippen molar-refractivity contribution in [2.24, 2.45) is 0 Å². The number of amides is 1. The number of ether oxygens (including phenoxy) is 1. The van der Waals surface area contributed by atoms with Crippen LogP contribution in [0.5, 0.6) is 0 Å². The molecule has 0 saturated carbocycles. The Morgan fingerprint density at radius 2 is 2.39 bits per heavy atom. The van der Waals surface area contributed by atoms with E-state index in [4.69, 9.17) is 4.74 Å². The average Bonchev–Trinajstić information content (AvgIpc) is 2.70. The third kappa shape index (κ3) is 3.88. The molecule has 18 heavy (non-hydrogen) atoms. The predicted octanol–water partition coefficient (Wildman–Crippen LogP) is -0.165. The first-order chi connectivity index (χ1) is 8.60. The van der Waals surface area contributed by atoms with Crippen molar-refractivity contribution in [3.05, 3.63) is 10.5 Å². The normalized spacial score (nSPS) is 12.4. The number of carbonyl (C=O) groups excluding carboxylic acids is 1. The van der Waals surface area contributed by atoms with Crippen molar-refractivity contribution < 1.29 is 9.53 Å². The van der Waals surface area contributed by atoms with E-state index in [0.29, 0.717) is 18.3 Å². The van der Waals surface area contributed by atoms with E-state index < -0.39 is 0 Å². The highest BCUT2D eigenvalue weighted by atomic mass is 32.2. The van der Waals surface area contributed by atoms with E-state index in [0.717, 1.165) is 6.42 Å². The van der Waals surface area contributed by atoms with Crippen LogP contribution in [0, 0.1) is 0 Å². The van der Waals surface area contributed by atoms with Gasteiger partial charge in [0, 0.05) is 27.3 Å². The molecular weight excluding hydrogens is 256 g/mol. The van der Waals surface area contributed by atoms with Crippen LogP contribution in [0.1, 0.15) is 13.3 Å². The van der Waals surface area contributed by atoms with Gasteiger partial charge in [0.25, 0.3) is 0 Å². The largest absolute Gasteiger partial charge is 0.385 e. The molecule has 0 saturated heterocycles. The smallest absolute Gasteiger partial charge is 0.343 e. The number of thioether (sulfide) groups is 1. The van der Waals surface area contributed by atoms with E-state index >= 15 is 0 Å². The topological polar surface area (TPSA) is 89.0 Å². The van der Waals surface area contributed by atoms with Gasteiger partial charge in [-0.1, -0.05) is 11.8 Å². The fourth-order valence-corrected chi connectivity index (χ4v) is 2.31. The number of nitrogens with zero attached hydrogens (tertiary/aromatic N) is 2. The molecule has 0 radical (unpaired) electrons. The molecule has 1 atom stereocenters. The Morgan fingerprint density at radius 3 is 3.00 bits per heavy atom. The second-order valence-corrected chi connectivity index (χ2v) is 4.99. The van der Waals surface area contributed by atoms with Crippen LogP contribution >= 0.6 is 11.8 Å². The SMILES string of the molecule is CNC(=O)[C@@H](C)Sc1n[nH]c(=O)n1CCCOC. The number of hydrogen-bond donors (Lipinski definition) is 2. The maximum Gasteiger partial charge on any atom is 0.343 e. The summed E-state index contributed by atoms with van der Waals surface area (Å²) in [7, 11) is 3.19. The molecule has 102 valence electrons. The number of carbonyl (C=O) groups is 1. The van der Waals surface area contributed by atoms with Gasteiger partial charge < -0.3 is 10.1 Å². The fourth-order valence-electron chi connectivity index (χ4n) is 1.37. The van der Waals surface area contributed by atoms with E-state index in [1.54, 1.807) is 21.1 Å². The number of hydrogen-bond acceptors (Lipinski definition) is 5. The standard InChI is InChI=1S/C10H18N4O3S/c1-7(8(15)11-2)18-10-13-12-9(16)14(10)5-4-6-17-3/h7H,4-6H2,1-3H3,(H,11,15)(H,12,16)/t7-/m1/s1.